The van der Waals surface area contributed by atoms with E-state index < -0.39 is 0 Å². The van der Waals surface area contributed by atoms with Gasteiger partial charge in [0.15, 0.2) is 0 Å². The highest BCUT2D eigenvalue weighted by atomic mass is 15.0. The Kier molecular flexibility index (Phi) is 1.88. The molecule has 14 heavy (non-hydrogen) atoms. The third-order valence-corrected chi connectivity index (χ3v) is 3.18. The van der Waals surface area contributed by atoms with Crippen LogP contribution in [0.1, 0.15) is 18.4 Å². The van der Waals surface area contributed by atoms with E-state index in [-0.39, 0.29) is 0 Å². The van der Waals surface area contributed by atoms with Gasteiger partial charge in [-0.3, -0.25) is 4.98 Å². The summed E-state index contributed by atoms with van der Waals surface area (Å²) in [6, 6.07) is 5.47. The molecule has 1 fully saturated rings. The number of pyridine rings is 1. The smallest absolute Gasteiger partial charge is 0.0303 e. The van der Waals surface area contributed by atoms with Gasteiger partial charge in [0, 0.05) is 24.5 Å². The van der Waals surface area contributed by atoms with E-state index in [1.807, 2.05) is 18.5 Å². The summed E-state index contributed by atoms with van der Waals surface area (Å²) in [5.41, 5.74) is 2.89. The third-order valence-electron chi connectivity index (χ3n) is 3.18. The van der Waals surface area contributed by atoms with Crippen molar-refractivity contribution in [2.75, 3.05) is 0 Å². The van der Waals surface area contributed by atoms with Gasteiger partial charge in [-0.25, -0.2) is 0 Å². The average molecular weight is 186 g/mol. The van der Waals surface area contributed by atoms with Gasteiger partial charge in [0.2, 0.25) is 0 Å². The van der Waals surface area contributed by atoms with Crippen molar-refractivity contribution in [3.8, 4) is 0 Å². The van der Waals surface area contributed by atoms with Crippen LogP contribution in [0.4, 0.5) is 0 Å². The first-order valence-corrected chi connectivity index (χ1v) is 5.27. The zero-order chi connectivity index (χ0) is 9.38. The van der Waals surface area contributed by atoms with Gasteiger partial charge >= 0.3 is 0 Å². The standard InChI is InChI=1S/C12H14N2/c1-2-9(8-13-5-1)6-10-7-11-3-4-12(10)14-11/h1-2,5,7-8,11-12,14H,3-4,6H2. The van der Waals surface area contributed by atoms with Crippen LogP contribution in [-0.2, 0) is 6.42 Å². The molecule has 0 radical (unpaired) electrons. The fourth-order valence-corrected chi connectivity index (χ4v) is 2.49. The Labute approximate surface area is 84.1 Å². The molecule has 2 aliphatic rings. The lowest BCUT2D eigenvalue weighted by Crippen LogP contribution is -2.22. The molecule has 0 aliphatic carbocycles. The van der Waals surface area contributed by atoms with Crippen LogP contribution >= 0.6 is 0 Å². The summed E-state index contributed by atoms with van der Waals surface area (Å²) in [5, 5.41) is 3.59. The molecule has 3 heterocycles. The largest absolute Gasteiger partial charge is 0.304 e. The summed E-state index contributed by atoms with van der Waals surface area (Å²) in [6.07, 6.45) is 9.91. The van der Waals surface area contributed by atoms with Crippen LogP contribution in [-0.4, -0.2) is 17.1 Å². The van der Waals surface area contributed by atoms with E-state index in [9.17, 15) is 0 Å². The van der Waals surface area contributed by atoms with Crippen molar-refractivity contribution in [2.24, 2.45) is 0 Å². The molecular weight excluding hydrogens is 172 g/mol. The maximum absolute atomic E-state index is 4.14. The van der Waals surface area contributed by atoms with Crippen molar-refractivity contribution in [3.63, 3.8) is 0 Å². The molecule has 72 valence electrons. The molecule has 2 bridgehead atoms. The first-order valence-electron chi connectivity index (χ1n) is 5.27. The van der Waals surface area contributed by atoms with Crippen molar-refractivity contribution in [2.45, 2.75) is 31.3 Å². The van der Waals surface area contributed by atoms with E-state index in [1.54, 1.807) is 5.57 Å². The number of fused-ring (bicyclic) bond motifs is 2. The number of aromatic nitrogens is 1. The lowest BCUT2D eigenvalue weighted by atomic mass is 9.94. The second-order valence-corrected chi connectivity index (χ2v) is 4.18. The summed E-state index contributed by atoms with van der Waals surface area (Å²) in [6.45, 7) is 0. The van der Waals surface area contributed by atoms with Gasteiger partial charge in [-0.1, -0.05) is 17.7 Å². The normalized spacial score (nSPS) is 29.3. The van der Waals surface area contributed by atoms with Gasteiger partial charge in [-0.15, -0.1) is 0 Å². The van der Waals surface area contributed by atoms with Gasteiger partial charge in [-0.2, -0.15) is 0 Å². The lowest BCUT2D eigenvalue weighted by Gasteiger charge is -2.11. The van der Waals surface area contributed by atoms with Crippen molar-refractivity contribution in [1.82, 2.24) is 10.3 Å². The van der Waals surface area contributed by atoms with Crippen LogP contribution in [0.2, 0.25) is 0 Å². The zero-order valence-electron chi connectivity index (χ0n) is 8.11. The number of nitrogens with zero attached hydrogens (tertiary/aromatic N) is 1. The van der Waals surface area contributed by atoms with Crippen LogP contribution in [0.5, 0.6) is 0 Å². The fraction of sp³-hybridized carbons (Fsp3) is 0.417. The molecule has 1 N–H and O–H groups in total. The third kappa shape index (κ3) is 1.36. The quantitative estimate of drug-likeness (QED) is 0.711. The average Bonchev–Trinajstić information content (AvgIpc) is 2.81. The zero-order valence-corrected chi connectivity index (χ0v) is 8.11. The number of nitrogens with one attached hydrogen (secondary N) is 1. The Balaban J connectivity index is 1.77. The molecule has 1 aromatic rings. The molecule has 2 heteroatoms. The lowest BCUT2D eigenvalue weighted by molar-refractivity contribution is 0.687. The van der Waals surface area contributed by atoms with E-state index in [0.717, 1.165) is 6.42 Å². The molecule has 2 aliphatic heterocycles. The van der Waals surface area contributed by atoms with Gasteiger partial charge in [0.1, 0.15) is 0 Å². The molecule has 2 unspecified atom stereocenters. The van der Waals surface area contributed by atoms with Crippen LogP contribution in [0.15, 0.2) is 36.2 Å². The molecular formula is C12H14N2. The molecule has 1 saturated heterocycles. The summed E-state index contributed by atoms with van der Waals surface area (Å²) < 4.78 is 0. The second-order valence-electron chi connectivity index (χ2n) is 4.18. The van der Waals surface area contributed by atoms with Gasteiger partial charge < -0.3 is 5.32 Å². The maximum atomic E-state index is 4.14. The molecule has 0 spiro atoms. The number of hydrogen-bond acceptors (Lipinski definition) is 2. The minimum absolute atomic E-state index is 0.653. The van der Waals surface area contributed by atoms with Crippen LogP contribution in [0, 0.1) is 0 Å². The van der Waals surface area contributed by atoms with Crippen LogP contribution in [0.25, 0.3) is 0 Å². The Morgan fingerprint density at radius 3 is 3.07 bits per heavy atom. The van der Waals surface area contributed by atoms with Crippen molar-refractivity contribution < 1.29 is 0 Å². The van der Waals surface area contributed by atoms with Crippen LogP contribution in [0.3, 0.4) is 0 Å². The van der Waals surface area contributed by atoms with Crippen molar-refractivity contribution in [1.29, 1.82) is 0 Å². The number of hydrogen-bond donors (Lipinski definition) is 1. The van der Waals surface area contributed by atoms with Gasteiger partial charge in [-0.05, 0) is 30.9 Å². The monoisotopic (exact) mass is 186 g/mol. The predicted molar refractivity (Wildman–Crippen MR) is 56.0 cm³/mol. The SMILES string of the molecule is C1=C(Cc2cccnc2)C2CCC1N2. The van der Waals surface area contributed by atoms with Gasteiger partial charge in [0.25, 0.3) is 0 Å². The first-order chi connectivity index (χ1) is 6.92. The molecule has 2 atom stereocenters. The van der Waals surface area contributed by atoms with Gasteiger partial charge in [0.05, 0.1) is 0 Å². The Morgan fingerprint density at radius 2 is 2.43 bits per heavy atom. The topological polar surface area (TPSA) is 24.9 Å². The van der Waals surface area contributed by atoms with E-state index >= 15 is 0 Å². The van der Waals surface area contributed by atoms with E-state index in [4.69, 9.17) is 0 Å². The Hall–Kier alpha value is -1.15. The van der Waals surface area contributed by atoms with Crippen LogP contribution < -0.4 is 5.32 Å². The predicted octanol–water partition coefficient (Wildman–Crippen LogP) is 1.68. The summed E-state index contributed by atoms with van der Waals surface area (Å²) in [5.74, 6) is 0. The molecule has 1 aromatic heterocycles. The Bertz CT molecular complexity index is 356. The highest BCUT2D eigenvalue weighted by molar-refractivity contribution is 5.30. The number of rotatable bonds is 2. The second kappa shape index (κ2) is 3.21. The molecule has 3 rings (SSSR count). The minimum Gasteiger partial charge on any atom is -0.304 e. The molecule has 2 nitrogen and oxygen atoms in total. The summed E-state index contributed by atoms with van der Waals surface area (Å²) >= 11 is 0. The first kappa shape index (κ1) is 8.18. The summed E-state index contributed by atoms with van der Waals surface area (Å²) in [7, 11) is 0. The van der Waals surface area contributed by atoms with E-state index in [2.05, 4.69) is 22.4 Å². The minimum atomic E-state index is 0.653. The Morgan fingerprint density at radius 1 is 1.43 bits per heavy atom. The highest BCUT2D eigenvalue weighted by Crippen LogP contribution is 2.29. The van der Waals surface area contributed by atoms with Crippen molar-refractivity contribution >= 4 is 0 Å². The highest BCUT2D eigenvalue weighted by Gasteiger charge is 2.31. The van der Waals surface area contributed by atoms with Crippen molar-refractivity contribution in [3.05, 3.63) is 41.7 Å². The van der Waals surface area contributed by atoms with E-state index in [1.165, 1.54) is 18.4 Å². The fourth-order valence-electron chi connectivity index (χ4n) is 2.49. The molecule has 0 aromatic carbocycles. The maximum Gasteiger partial charge on any atom is 0.0303 e. The molecule has 0 amide bonds. The summed E-state index contributed by atoms with van der Waals surface area (Å²) in [4.78, 5) is 4.14. The van der Waals surface area contributed by atoms with E-state index in [0.29, 0.717) is 12.1 Å². The molecule has 0 saturated carbocycles.